The van der Waals surface area contributed by atoms with Gasteiger partial charge in [-0.3, -0.25) is 9.98 Å². The van der Waals surface area contributed by atoms with Crippen molar-refractivity contribution in [2.75, 3.05) is 44.2 Å². The van der Waals surface area contributed by atoms with Crippen LogP contribution in [0.5, 0.6) is 0 Å². The molecule has 0 saturated carbocycles. The second-order valence-corrected chi connectivity index (χ2v) is 8.19. The SMILES string of the molecule is Cl.Cl.c1cc(C2=NCCN2)ccc1CC1CCN(c2ccc(C3=NCCN3)cc2)CC1. The molecule has 0 spiro atoms. The van der Waals surface area contributed by atoms with E-state index in [1.807, 2.05) is 0 Å². The third-order valence-corrected chi connectivity index (χ3v) is 6.22. The first kappa shape index (κ1) is 23.4. The van der Waals surface area contributed by atoms with Gasteiger partial charge in [0.2, 0.25) is 0 Å². The normalized spacial score (nSPS) is 18.3. The Morgan fingerprint density at radius 1 is 0.742 bits per heavy atom. The molecule has 3 heterocycles. The van der Waals surface area contributed by atoms with Gasteiger partial charge in [0.25, 0.3) is 0 Å². The van der Waals surface area contributed by atoms with Crippen LogP contribution in [0, 0.1) is 5.92 Å². The van der Waals surface area contributed by atoms with Crippen molar-refractivity contribution in [3.05, 3.63) is 65.2 Å². The fourth-order valence-electron chi connectivity index (χ4n) is 4.54. The number of amidine groups is 2. The molecule has 5 nitrogen and oxygen atoms in total. The highest BCUT2D eigenvalue weighted by Gasteiger charge is 2.20. The lowest BCUT2D eigenvalue weighted by Gasteiger charge is -2.34. The number of benzene rings is 2. The lowest BCUT2D eigenvalue weighted by atomic mass is 9.89. The first-order valence-electron chi connectivity index (χ1n) is 10.9. The summed E-state index contributed by atoms with van der Waals surface area (Å²) in [5.41, 5.74) is 5.19. The molecule has 7 heteroatoms. The molecule has 0 radical (unpaired) electrons. The summed E-state index contributed by atoms with van der Waals surface area (Å²) < 4.78 is 0. The number of aliphatic imine (C=N–C) groups is 2. The molecule has 5 rings (SSSR count). The maximum atomic E-state index is 4.51. The molecule has 0 aromatic heterocycles. The van der Waals surface area contributed by atoms with Crippen LogP contribution in [0.25, 0.3) is 0 Å². The van der Waals surface area contributed by atoms with E-state index in [9.17, 15) is 0 Å². The Morgan fingerprint density at radius 2 is 1.26 bits per heavy atom. The van der Waals surface area contributed by atoms with E-state index in [2.05, 4.69) is 74.0 Å². The van der Waals surface area contributed by atoms with E-state index in [1.165, 1.54) is 41.6 Å². The zero-order chi connectivity index (χ0) is 19.5. The Bertz CT molecular complexity index is 901. The zero-order valence-electron chi connectivity index (χ0n) is 17.7. The number of hydrogen-bond donors (Lipinski definition) is 2. The standard InChI is InChI=1S/C24H29N5.2ClH/c1-3-20(23-25-11-12-26-23)4-2-18(1)17-19-9-15-29(16-10-19)22-7-5-21(6-8-22)24-27-13-14-28-24;;/h1-8,19H,9-17H2,(H,25,26)(H,27,28);2*1H. The summed E-state index contributed by atoms with van der Waals surface area (Å²) in [5.74, 6) is 2.86. The number of rotatable bonds is 5. The molecule has 0 bridgehead atoms. The zero-order valence-corrected chi connectivity index (χ0v) is 19.4. The lowest BCUT2D eigenvalue weighted by molar-refractivity contribution is 0.404. The first-order valence-corrected chi connectivity index (χ1v) is 10.9. The van der Waals surface area contributed by atoms with E-state index in [0.717, 1.165) is 56.9 Å². The number of nitrogens with zero attached hydrogens (tertiary/aromatic N) is 3. The predicted molar refractivity (Wildman–Crippen MR) is 135 cm³/mol. The summed E-state index contributed by atoms with van der Waals surface area (Å²) in [4.78, 5) is 11.5. The molecule has 2 aromatic rings. The predicted octanol–water partition coefficient (Wildman–Crippen LogP) is 3.69. The molecule has 2 aromatic carbocycles. The molecule has 3 aliphatic heterocycles. The highest BCUT2D eigenvalue weighted by Crippen LogP contribution is 2.26. The minimum absolute atomic E-state index is 0. The summed E-state index contributed by atoms with van der Waals surface area (Å²) in [6, 6.07) is 17.9. The van der Waals surface area contributed by atoms with Gasteiger partial charge >= 0.3 is 0 Å². The van der Waals surface area contributed by atoms with Crippen molar-refractivity contribution in [3.8, 4) is 0 Å². The maximum absolute atomic E-state index is 4.51. The Kier molecular flexibility index (Phi) is 8.22. The molecule has 0 amide bonds. The number of piperidine rings is 1. The summed E-state index contributed by atoms with van der Waals surface area (Å²) in [6.07, 6.45) is 3.69. The molecule has 0 unspecified atom stereocenters. The Hall–Kier alpha value is -2.24. The van der Waals surface area contributed by atoms with Crippen molar-refractivity contribution in [1.82, 2.24) is 10.6 Å². The van der Waals surface area contributed by atoms with Crippen LogP contribution in [0.15, 0.2) is 58.5 Å². The van der Waals surface area contributed by atoms with Gasteiger partial charge in [-0.1, -0.05) is 24.3 Å². The fraction of sp³-hybridized carbons (Fsp3) is 0.417. The third-order valence-electron chi connectivity index (χ3n) is 6.22. The molecule has 3 aliphatic rings. The molecule has 166 valence electrons. The molecule has 1 fully saturated rings. The first-order chi connectivity index (χ1) is 14.3. The van der Waals surface area contributed by atoms with E-state index in [4.69, 9.17) is 0 Å². The summed E-state index contributed by atoms with van der Waals surface area (Å²) in [7, 11) is 0. The van der Waals surface area contributed by atoms with Crippen molar-refractivity contribution in [2.45, 2.75) is 19.3 Å². The average molecular weight is 460 g/mol. The number of nitrogens with one attached hydrogen (secondary N) is 2. The van der Waals surface area contributed by atoms with Crippen LogP contribution in [-0.4, -0.2) is 50.9 Å². The third kappa shape index (κ3) is 5.52. The van der Waals surface area contributed by atoms with E-state index in [0.29, 0.717) is 0 Å². The average Bonchev–Trinajstić information content (AvgIpc) is 3.50. The van der Waals surface area contributed by atoms with Gasteiger partial charge in [0.1, 0.15) is 11.7 Å². The Balaban J connectivity index is 0.00000136. The van der Waals surface area contributed by atoms with Crippen LogP contribution in [0.4, 0.5) is 5.69 Å². The van der Waals surface area contributed by atoms with Gasteiger partial charge in [-0.15, -0.1) is 24.8 Å². The van der Waals surface area contributed by atoms with Gasteiger partial charge in [-0.2, -0.15) is 0 Å². The molecule has 31 heavy (non-hydrogen) atoms. The van der Waals surface area contributed by atoms with Gasteiger partial charge in [0, 0.05) is 43.0 Å². The van der Waals surface area contributed by atoms with Gasteiger partial charge in [0.05, 0.1) is 13.1 Å². The smallest absolute Gasteiger partial charge is 0.128 e. The topological polar surface area (TPSA) is 52.0 Å². The Labute approximate surface area is 197 Å². The second-order valence-electron chi connectivity index (χ2n) is 8.19. The fourth-order valence-corrected chi connectivity index (χ4v) is 4.54. The number of anilines is 1. The van der Waals surface area contributed by atoms with E-state index in [-0.39, 0.29) is 24.8 Å². The Morgan fingerprint density at radius 3 is 1.74 bits per heavy atom. The van der Waals surface area contributed by atoms with Crippen LogP contribution in [0.3, 0.4) is 0 Å². The molecule has 0 aliphatic carbocycles. The van der Waals surface area contributed by atoms with Crippen molar-refractivity contribution in [2.24, 2.45) is 15.9 Å². The van der Waals surface area contributed by atoms with Crippen LogP contribution >= 0.6 is 24.8 Å². The van der Waals surface area contributed by atoms with Gasteiger partial charge in [0.15, 0.2) is 0 Å². The van der Waals surface area contributed by atoms with Crippen LogP contribution in [0.1, 0.15) is 29.5 Å². The molecule has 0 atom stereocenters. The number of hydrogen-bond acceptors (Lipinski definition) is 5. The van der Waals surface area contributed by atoms with Crippen molar-refractivity contribution in [1.29, 1.82) is 0 Å². The van der Waals surface area contributed by atoms with Gasteiger partial charge < -0.3 is 15.5 Å². The van der Waals surface area contributed by atoms with Gasteiger partial charge in [-0.05, 0) is 55.0 Å². The maximum Gasteiger partial charge on any atom is 0.128 e. The number of halogens is 2. The molecule has 2 N–H and O–H groups in total. The molecular weight excluding hydrogens is 429 g/mol. The minimum Gasteiger partial charge on any atom is -0.372 e. The quantitative estimate of drug-likeness (QED) is 0.716. The van der Waals surface area contributed by atoms with Gasteiger partial charge in [-0.25, -0.2) is 0 Å². The molecular formula is C24H31Cl2N5. The summed E-state index contributed by atoms with van der Waals surface area (Å²) >= 11 is 0. The molecule has 1 saturated heterocycles. The van der Waals surface area contributed by atoms with Crippen LogP contribution in [-0.2, 0) is 6.42 Å². The van der Waals surface area contributed by atoms with E-state index >= 15 is 0 Å². The van der Waals surface area contributed by atoms with E-state index in [1.54, 1.807) is 0 Å². The highest BCUT2D eigenvalue weighted by molar-refractivity contribution is 6.00. The van der Waals surface area contributed by atoms with E-state index < -0.39 is 0 Å². The van der Waals surface area contributed by atoms with Crippen LogP contribution in [0.2, 0.25) is 0 Å². The van der Waals surface area contributed by atoms with Crippen molar-refractivity contribution in [3.63, 3.8) is 0 Å². The summed E-state index contributed by atoms with van der Waals surface area (Å²) in [5, 5.41) is 6.69. The lowest BCUT2D eigenvalue weighted by Crippen LogP contribution is -2.34. The van der Waals surface area contributed by atoms with Crippen molar-refractivity contribution < 1.29 is 0 Å². The largest absolute Gasteiger partial charge is 0.372 e. The van der Waals surface area contributed by atoms with Crippen molar-refractivity contribution >= 4 is 42.2 Å². The minimum atomic E-state index is 0. The second kappa shape index (κ2) is 10.9. The highest BCUT2D eigenvalue weighted by atomic mass is 35.5. The van der Waals surface area contributed by atoms with Crippen LogP contribution < -0.4 is 15.5 Å². The monoisotopic (exact) mass is 459 g/mol. The summed E-state index contributed by atoms with van der Waals surface area (Å²) in [6.45, 7) is 5.98.